The van der Waals surface area contributed by atoms with Gasteiger partial charge in [-0.1, -0.05) is 32.9 Å². The summed E-state index contributed by atoms with van der Waals surface area (Å²) in [4.78, 5) is 0. The van der Waals surface area contributed by atoms with Crippen LogP contribution in [0.2, 0.25) is 0 Å². The molecule has 1 saturated heterocycles. The zero-order chi connectivity index (χ0) is 13.0. The van der Waals surface area contributed by atoms with Gasteiger partial charge < -0.3 is 10.1 Å². The van der Waals surface area contributed by atoms with E-state index in [0.29, 0.717) is 6.10 Å². The maximum absolute atomic E-state index is 5.99. The molecule has 2 rings (SSSR count). The smallest absolute Gasteiger partial charge is 0.119 e. The Labute approximate surface area is 111 Å². The number of rotatable bonds is 4. The van der Waals surface area contributed by atoms with E-state index < -0.39 is 0 Å². The van der Waals surface area contributed by atoms with Crippen LogP contribution < -0.4 is 10.1 Å². The van der Waals surface area contributed by atoms with E-state index in [1.807, 2.05) is 0 Å². The molecule has 1 aromatic carbocycles. The number of hydrogen-bond acceptors (Lipinski definition) is 2. The fourth-order valence-corrected chi connectivity index (χ4v) is 2.30. The maximum Gasteiger partial charge on any atom is 0.119 e. The highest BCUT2D eigenvalue weighted by atomic mass is 16.5. The first-order chi connectivity index (χ1) is 8.62. The van der Waals surface area contributed by atoms with Crippen molar-refractivity contribution in [2.45, 2.75) is 51.6 Å². The molecule has 0 aliphatic carbocycles. The third kappa shape index (κ3) is 3.26. The number of piperidine rings is 1. The molecule has 2 heteroatoms. The Morgan fingerprint density at radius 1 is 1.28 bits per heavy atom. The van der Waals surface area contributed by atoms with Crippen molar-refractivity contribution in [2.75, 3.05) is 13.1 Å². The Kier molecular flexibility index (Phi) is 4.28. The zero-order valence-electron chi connectivity index (χ0n) is 11.8. The van der Waals surface area contributed by atoms with E-state index in [0.717, 1.165) is 31.7 Å². The first-order valence-corrected chi connectivity index (χ1v) is 7.10. The number of hydrogen-bond donors (Lipinski definition) is 1. The third-order valence-electron chi connectivity index (χ3n) is 4.07. The van der Waals surface area contributed by atoms with Crippen molar-refractivity contribution >= 4 is 0 Å². The van der Waals surface area contributed by atoms with Crippen molar-refractivity contribution in [3.63, 3.8) is 0 Å². The van der Waals surface area contributed by atoms with Gasteiger partial charge in [-0.2, -0.15) is 0 Å². The summed E-state index contributed by atoms with van der Waals surface area (Å²) in [7, 11) is 0. The predicted octanol–water partition coefficient (Wildman–Crippen LogP) is 3.51. The summed E-state index contributed by atoms with van der Waals surface area (Å²) < 4.78 is 5.99. The van der Waals surface area contributed by atoms with Crippen LogP contribution in [0.15, 0.2) is 24.3 Å². The second kappa shape index (κ2) is 5.75. The first-order valence-electron chi connectivity index (χ1n) is 7.10. The molecule has 0 spiro atoms. The van der Waals surface area contributed by atoms with Crippen LogP contribution in [-0.4, -0.2) is 19.2 Å². The Morgan fingerprint density at radius 3 is 2.56 bits per heavy atom. The van der Waals surface area contributed by atoms with Crippen molar-refractivity contribution in [1.82, 2.24) is 5.32 Å². The highest BCUT2D eigenvalue weighted by Gasteiger charge is 2.18. The van der Waals surface area contributed by atoms with Gasteiger partial charge in [-0.25, -0.2) is 0 Å². The van der Waals surface area contributed by atoms with E-state index in [2.05, 4.69) is 50.4 Å². The predicted molar refractivity (Wildman–Crippen MR) is 76.3 cm³/mol. The topological polar surface area (TPSA) is 21.3 Å². The lowest BCUT2D eigenvalue weighted by molar-refractivity contribution is 0.167. The molecule has 1 aliphatic rings. The van der Waals surface area contributed by atoms with Crippen LogP contribution in [0.3, 0.4) is 0 Å². The minimum Gasteiger partial charge on any atom is -0.489 e. The third-order valence-corrected chi connectivity index (χ3v) is 4.07. The molecule has 1 N–H and O–H groups in total. The van der Waals surface area contributed by atoms with Gasteiger partial charge in [0.05, 0.1) is 0 Å². The lowest BCUT2D eigenvalue weighted by Gasteiger charge is -2.26. The van der Waals surface area contributed by atoms with Gasteiger partial charge in [-0.3, -0.25) is 0 Å². The summed E-state index contributed by atoms with van der Waals surface area (Å²) in [5.41, 5.74) is 1.64. The molecule has 1 aromatic rings. The molecular weight excluding hydrogens is 222 g/mol. The van der Waals surface area contributed by atoms with Gasteiger partial charge in [-0.05, 0) is 48.9 Å². The van der Waals surface area contributed by atoms with Crippen LogP contribution >= 0.6 is 0 Å². The normalized spacial score (nSPS) is 20.7. The van der Waals surface area contributed by atoms with Gasteiger partial charge >= 0.3 is 0 Å². The molecule has 1 heterocycles. The van der Waals surface area contributed by atoms with Crippen LogP contribution in [0.4, 0.5) is 0 Å². The van der Waals surface area contributed by atoms with Crippen molar-refractivity contribution in [2.24, 2.45) is 0 Å². The summed E-state index contributed by atoms with van der Waals surface area (Å²) in [6.45, 7) is 8.91. The lowest BCUT2D eigenvalue weighted by Crippen LogP contribution is -2.37. The number of benzene rings is 1. The minimum atomic E-state index is 0.255. The molecular formula is C16H25NO. The van der Waals surface area contributed by atoms with Crippen molar-refractivity contribution in [3.05, 3.63) is 29.8 Å². The molecule has 0 bridgehead atoms. The van der Waals surface area contributed by atoms with Crippen LogP contribution in [0, 0.1) is 0 Å². The summed E-state index contributed by atoms with van der Waals surface area (Å²) in [6, 6.07) is 8.63. The Hall–Kier alpha value is -1.02. The van der Waals surface area contributed by atoms with Gasteiger partial charge in [0.15, 0.2) is 0 Å². The number of nitrogens with one attached hydrogen (secondary N) is 1. The highest BCUT2D eigenvalue weighted by Crippen LogP contribution is 2.28. The molecule has 100 valence electrons. The second-order valence-corrected chi connectivity index (χ2v) is 5.85. The fraction of sp³-hybridized carbons (Fsp3) is 0.625. The van der Waals surface area contributed by atoms with E-state index in [4.69, 9.17) is 4.74 Å². The van der Waals surface area contributed by atoms with Gasteiger partial charge in [0.25, 0.3) is 0 Å². The van der Waals surface area contributed by atoms with Crippen LogP contribution in [-0.2, 0) is 5.41 Å². The lowest BCUT2D eigenvalue weighted by atomic mass is 9.82. The maximum atomic E-state index is 5.99. The molecule has 0 aromatic heterocycles. The monoisotopic (exact) mass is 247 g/mol. The minimum absolute atomic E-state index is 0.255. The van der Waals surface area contributed by atoms with Crippen LogP contribution in [0.5, 0.6) is 5.75 Å². The molecule has 0 amide bonds. The number of ether oxygens (including phenoxy) is 1. The summed E-state index contributed by atoms with van der Waals surface area (Å²) >= 11 is 0. The molecule has 18 heavy (non-hydrogen) atoms. The van der Waals surface area contributed by atoms with Crippen molar-refractivity contribution in [3.8, 4) is 5.75 Å². The molecule has 0 radical (unpaired) electrons. The first kappa shape index (κ1) is 13.4. The summed E-state index contributed by atoms with van der Waals surface area (Å²) in [5.74, 6) is 0.999. The average Bonchev–Trinajstić information content (AvgIpc) is 2.40. The molecule has 2 nitrogen and oxygen atoms in total. The molecule has 1 atom stereocenters. The standard InChI is InChI=1S/C16H25NO/c1-4-16(2,3)13-7-9-14(10-8-13)18-15-6-5-11-17-12-15/h7-10,15,17H,4-6,11-12H2,1-3H3. The summed E-state index contributed by atoms with van der Waals surface area (Å²) in [6.07, 6.45) is 3.87. The van der Waals surface area contributed by atoms with Gasteiger partial charge in [0.1, 0.15) is 11.9 Å². The van der Waals surface area contributed by atoms with E-state index in [1.54, 1.807) is 0 Å². The van der Waals surface area contributed by atoms with Crippen LogP contribution in [0.25, 0.3) is 0 Å². The zero-order valence-corrected chi connectivity index (χ0v) is 11.8. The quantitative estimate of drug-likeness (QED) is 0.879. The Morgan fingerprint density at radius 2 is 2.00 bits per heavy atom. The molecule has 0 saturated carbocycles. The fourth-order valence-electron chi connectivity index (χ4n) is 2.30. The average molecular weight is 247 g/mol. The van der Waals surface area contributed by atoms with Crippen molar-refractivity contribution in [1.29, 1.82) is 0 Å². The molecule has 1 aliphatic heterocycles. The Balaban J connectivity index is 1.99. The molecule has 1 unspecified atom stereocenters. The Bertz CT molecular complexity index is 363. The SMILES string of the molecule is CCC(C)(C)c1ccc(OC2CCCNC2)cc1. The van der Waals surface area contributed by atoms with Crippen molar-refractivity contribution < 1.29 is 4.74 Å². The second-order valence-electron chi connectivity index (χ2n) is 5.85. The highest BCUT2D eigenvalue weighted by molar-refractivity contribution is 5.31. The largest absolute Gasteiger partial charge is 0.489 e. The van der Waals surface area contributed by atoms with E-state index >= 15 is 0 Å². The van der Waals surface area contributed by atoms with Gasteiger partial charge in [-0.15, -0.1) is 0 Å². The van der Waals surface area contributed by atoms with E-state index in [1.165, 1.54) is 12.0 Å². The van der Waals surface area contributed by atoms with E-state index in [-0.39, 0.29) is 5.41 Å². The summed E-state index contributed by atoms with van der Waals surface area (Å²) in [5, 5.41) is 3.37. The van der Waals surface area contributed by atoms with Gasteiger partial charge in [0, 0.05) is 6.54 Å². The van der Waals surface area contributed by atoms with Crippen LogP contribution in [0.1, 0.15) is 45.6 Å². The van der Waals surface area contributed by atoms with Gasteiger partial charge in [0.2, 0.25) is 0 Å². The van der Waals surface area contributed by atoms with E-state index in [9.17, 15) is 0 Å². The molecule has 1 fully saturated rings.